The van der Waals surface area contributed by atoms with Crippen LogP contribution in [0.4, 0.5) is 0 Å². The molecule has 0 heterocycles. The maximum atomic E-state index is 11.2. The molecule has 1 aliphatic carbocycles. The summed E-state index contributed by atoms with van der Waals surface area (Å²) in [7, 11) is 0. The first-order valence-corrected chi connectivity index (χ1v) is 5.16. The number of aliphatic hydroxyl groups is 1. The Morgan fingerprint density at radius 3 is 3.07 bits per heavy atom. The largest absolute Gasteiger partial charge is 0.461 e. The fourth-order valence-corrected chi connectivity index (χ4v) is 1.39. The summed E-state index contributed by atoms with van der Waals surface area (Å²) < 4.78 is 5.04. The molecule has 15 heavy (non-hydrogen) atoms. The maximum absolute atomic E-state index is 11.2. The molecule has 82 valence electrons. The highest BCUT2D eigenvalue weighted by Gasteiger charge is 2.21. The lowest BCUT2D eigenvalue weighted by Gasteiger charge is -2.24. The molecule has 0 unspecified atom stereocenters. The zero-order chi connectivity index (χ0) is 11.1. The molecule has 0 aromatic carbocycles. The topological polar surface area (TPSA) is 46.5 Å². The number of carbonyl (C=O) groups excluding carboxylic acids is 1. The van der Waals surface area contributed by atoms with Gasteiger partial charge in [0.15, 0.2) is 0 Å². The maximum Gasteiger partial charge on any atom is 0.306 e. The van der Waals surface area contributed by atoms with Crippen molar-refractivity contribution in [1.82, 2.24) is 0 Å². The number of carbonyl (C=O) groups is 1. The molecule has 1 atom stereocenters. The van der Waals surface area contributed by atoms with E-state index in [2.05, 4.69) is 5.92 Å². The highest BCUT2D eigenvalue weighted by Crippen LogP contribution is 2.26. The van der Waals surface area contributed by atoms with Crippen LogP contribution in [0.5, 0.6) is 0 Å². The van der Waals surface area contributed by atoms with Crippen molar-refractivity contribution in [3.8, 4) is 12.3 Å². The smallest absolute Gasteiger partial charge is 0.306 e. The first kappa shape index (κ1) is 11.8. The van der Waals surface area contributed by atoms with Crippen LogP contribution in [-0.4, -0.2) is 24.3 Å². The Bertz CT molecular complexity index is 286. The van der Waals surface area contributed by atoms with Crippen LogP contribution in [0.1, 0.15) is 25.7 Å². The van der Waals surface area contributed by atoms with Crippen molar-refractivity contribution in [2.75, 3.05) is 13.2 Å². The van der Waals surface area contributed by atoms with E-state index < -0.39 is 0 Å². The van der Waals surface area contributed by atoms with Crippen LogP contribution in [0, 0.1) is 18.3 Å². The Balaban J connectivity index is 2.10. The molecule has 1 rings (SSSR count). The zero-order valence-corrected chi connectivity index (χ0v) is 8.74. The molecule has 0 aromatic rings. The predicted molar refractivity (Wildman–Crippen MR) is 56.9 cm³/mol. The van der Waals surface area contributed by atoms with Gasteiger partial charge in [-0.05, 0) is 18.4 Å². The molecule has 0 bridgehead atoms. The van der Waals surface area contributed by atoms with Crippen molar-refractivity contribution >= 4 is 5.97 Å². The summed E-state index contributed by atoms with van der Waals surface area (Å²) in [6.07, 6.45) is 9.61. The fraction of sp³-hybridized carbons (Fsp3) is 0.583. The number of terminal acetylenes is 1. The lowest BCUT2D eigenvalue weighted by molar-refractivity contribution is -0.143. The third kappa shape index (κ3) is 3.77. The Morgan fingerprint density at radius 1 is 1.73 bits per heavy atom. The van der Waals surface area contributed by atoms with Gasteiger partial charge in [0.25, 0.3) is 0 Å². The fourth-order valence-electron chi connectivity index (χ4n) is 1.39. The van der Waals surface area contributed by atoms with E-state index in [0.717, 1.165) is 12.0 Å². The van der Waals surface area contributed by atoms with E-state index >= 15 is 0 Å². The Labute approximate surface area is 90.1 Å². The van der Waals surface area contributed by atoms with Gasteiger partial charge < -0.3 is 9.84 Å². The van der Waals surface area contributed by atoms with Crippen LogP contribution in [0.25, 0.3) is 0 Å². The number of esters is 1. The number of rotatable bonds is 6. The summed E-state index contributed by atoms with van der Waals surface area (Å²) in [6, 6.07) is 0. The van der Waals surface area contributed by atoms with Gasteiger partial charge in [0.05, 0.1) is 6.61 Å². The summed E-state index contributed by atoms with van der Waals surface area (Å²) >= 11 is 0. The van der Waals surface area contributed by atoms with E-state index in [9.17, 15) is 4.79 Å². The highest BCUT2D eigenvalue weighted by atomic mass is 16.5. The summed E-state index contributed by atoms with van der Waals surface area (Å²) in [5.41, 5.74) is 1.03. The van der Waals surface area contributed by atoms with E-state index in [-0.39, 0.29) is 18.5 Å². The number of hydrogen-bond acceptors (Lipinski definition) is 3. The number of unbranched alkanes of at least 4 members (excludes halogenated alkanes) is 1. The van der Waals surface area contributed by atoms with Crippen LogP contribution < -0.4 is 0 Å². The third-order valence-electron chi connectivity index (χ3n) is 2.51. The summed E-state index contributed by atoms with van der Waals surface area (Å²) in [4.78, 5) is 11.2. The van der Waals surface area contributed by atoms with Crippen LogP contribution >= 0.6 is 0 Å². The minimum Gasteiger partial charge on any atom is -0.461 e. The minimum absolute atomic E-state index is 0.139. The Hall–Kier alpha value is -1.27. The molecule has 0 aliphatic heterocycles. The molecule has 0 amide bonds. The van der Waals surface area contributed by atoms with Crippen molar-refractivity contribution in [3.05, 3.63) is 11.6 Å². The number of ether oxygens (including phenoxy) is 1. The molecule has 3 heteroatoms. The van der Waals surface area contributed by atoms with E-state index in [4.69, 9.17) is 16.3 Å². The summed E-state index contributed by atoms with van der Waals surface area (Å²) in [6.45, 7) is 0.459. The second-order valence-electron chi connectivity index (χ2n) is 3.61. The summed E-state index contributed by atoms with van der Waals surface area (Å²) in [5, 5.41) is 8.89. The average Bonchev–Trinajstić information content (AvgIpc) is 2.17. The lowest BCUT2D eigenvalue weighted by atomic mass is 9.86. The molecular formula is C12H16O3. The van der Waals surface area contributed by atoms with Gasteiger partial charge in [0, 0.05) is 18.8 Å². The van der Waals surface area contributed by atoms with Gasteiger partial charge in [-0.25, -0.2) is 0 Å². The van der Waals surface area contributed by atoms with Gasteiger partial charge >= 0.3 is 5.97 Å². The second-order valence-corrected chi connectivity index (χ2v) is 3.61. The SMILES string of the molecule is C#CCCCC(=O)OCC1=CC[C@H]1CO. The van der Waals surface area contributed by atoms with Gasteiger partial charge in [0.1, 0.15) is 6.61 Å². The molecule has 0 aromatic heterocycles. The van der Waals surface area contributed by atoms with E-state index in [0.29, 0.717) is 25.9 Å². The van der Waals surface area contributed by atoms with Crippen LogP contribution in [-0.2, 0) is 9.53 Å². The van der Waals surface area contributed by atoms with E-state index in [1.165, 1.54) is 0 Å². The quantitative estimate of drug-likeness (QED) is 0.309. The van der Waals surface area contributed by atoms with Crippen molar-refractivity contribution in [1.29, 1.82) is 0 Å². The van der Waals surface area contributed by atoms with E-state index in [1.54, 1.807) is 0 Å². The molecule has 3 nitrogen and oxygen atoms in total. The normalized spacial score (nSPS) is 18.7. The van der Waals surface area contributed by atoms with Crippen molar-refractivity contribution in [3.63, 3.8) is 0 Å². The van der Waals surface area contributed by atoms with Gasteiger partial charge in [-0.15, -0.1) is 12.3 Å². The average molecular weight is 208 g/mol. The van der Waals surface area contributed by atoms with Crippen LogP contribution in [0.3, 0.4) is 0 Å². The molecule has 1 N–H and O–H groups in total. The first-order valence-electron chi connectivity index (χ1n) is 5.16. The molecule has 0 saturated heterocycles. The van der Waals surface area contributed by atoms with Gasteiger partial charge in [-0.2, -0.15) is 0 Å². The third-order valence-corrected chi connectivity index (χ3v) is 2.51. The Kier molecular flexibility index (Phi) is 4.92. The number of allylic oxidation sites excluding steroid dienone is 1. The molecule has 0 saturated carbocycles. The molecule has 0 spiro atoms. The monoisotopic (exact) mass is 208 g/mol. The van der Waals surface area contributed by atoms with E-state index in [1.807, 2.05) is 6.08 Å². The molecule has 1 aliphatic rings. The zero-order valence-electron chi connectivity index (χ0n) is 8.74. The van der Waals surface area contributed by atoms with Gasteiger partial charge in [0.2, 0.25) is 0 Å². The van der Waals surface area contributed by atoms with Crippen molar-refractivity contribution in [2.45, 2.75) is 25.7 Å². The molecular weight excluding hydrogens is 192 g/mol. The lowest BCUT2D eigenvalue weighted by Crippen LogP contribution is -2.21. The summed E-state index contributed by atoms with van der Waals surface area (Å²) in [5.74, 6) is 2.46. The number of aliphatic hydroxyl groups excluding tert-OH is 1. The van der Waals surface area contributed by atoms with Crippen LogP contribution in [0.2, 0.25) is 0 Å². The van der Waals surface area contributed by atoms with Gasteiger partial charge in [-0.3, -0.25) is 4.79 Å². The van der Waals surface area contributed by atoms with Gasteiger partial charge in [-0.1, -0.05) is 6.08 Å². The molecule has 0 radical (unpaired) electrons. The minimum atomic E-state index is -0.213. The standard InChI is InChI=1S/C12H16O3/c1-2-3-4-5-12(14)15-9-11-7-6-10(11)8-13/h1,7,10,13H,3-6,8-9H2/t10-/m0/s1. The Morgan fingerprint density at radius 2 is 2.53 bits per heavy atom. The van der Waals surface area contributed by atoms with Crippen LogP contribution in [0.15, 0.2) is 11.6 Å². The first-order chi connectivity index (χ1) is 7.27. The highest BCUT2D eigenvalue weighted by molar-refractivity contribution is 5.69. The van der Waals surface area contributed by atoms with Crippen molar-refractivity contribution in [2.24, 2.45) is 5.92 Å². The van der Waals surface area contributed by atoms with Crippen molar-refractivity contribution < 1.29 is 14.6 Å². The predicted octanol–water partition coefficient (Wildman–Crippen LogP) is 1.27. The second kappa shape index (κ2) is 6.26. The molecule has 0 fully saturated rings. The number of hydrogen-bond donors (Lipinski definition) is 1.